The number of nitrogens with one attached hydrogen (secondary N) is 1. The molecule has 0 heterocycles. The highest BCUT2D eigenvalue weighted by atomic mass is 32.2. The first-order chi connectivity index (χ1) is 11.7. The highest BCUT2D eigenvalue weighted by molar-refractivity contribution is 7.88. The molecule has 0 radical (unpaired) electrons. The van der Waals surface area contributed by atoms with Gasteiger partial charge in [-0.3, -0.25) is 0 Å². The van der Waals surface area contributed by atoms with Crippen LogP contribution in [0.2, 0.25) is 0 Å². The third-order valence-electron chi connectivity index (χ3n) is 4.40. The summed E-state index contributed by atoms with van der Waals surface area (Å²) in [5.41, 5.74) is -0.751. The van der Waals surface area contributed by atoms with E-state index in [4.69, 9.17) is 4.74 Å². The minimum Gasteiger partial charge on any atom is -0.377 e. The second-order valence-electron chi connectivity index (χ2n) is 6.52. The lowest BCUT2D eigenvalue weighted by atomic mass is 9.88. The van der Waals surface area contributed by atoms with Crippen molar-refractivity contribution >= 4 is 10.0 Å². The second kappa shape index (κ2) is 8.51. The molecule has 25 heavy (non-hydrogen) atoms. The van der Waals surface area contributed by atoms with Gasteiger partial charge in [-0.25, -0.2) is 13.1 Å². The molecule has 2 atom stereocenters. The highest BCUT2D eigenvalue weighted by Gasteiger charge is 2.30. The van der Waals surface area contributed by atoms with Crippen LogP contribution in [0.1, 0.15) is 43.7 Å². The Morgan fingerprint density at radius 1 is 1.24 bits per heavy atom. The van der Waals surface area contributed by atoms with E-state index in [2.05, 4.69) is 11.6 Å². The molecule has 1 aliphatic carbocycles. The zero-order valence-electron chi connectivity index (χ0n) is 14.2. The molecule has 4 nitrogen and oxygen atoms in total. The number of hydrogen-bond acceptors (Lipinski definition) is 3. The second-order valence-corrected chi connectivity index (χ2v) is 8.33. The van der Waals surface area contributed by atoms with Crippen LogP contribution < -0.4 is 4.72 Å². The number of hydrogen-bond donors (Lipinski definition) is 1. The summed E-state index contributed by atoms with van der Waals surface area (Å²) in [6.45, 7) is 2.50. The average molecular weight is 379 g/mol. The Hall–Kier alpha value is -1.12. The minimum absolute atomic E-state index is 0.101. The lowest BCUT2D eigenvalue weighted by Gasteiger charge is -2.28. The smallest absolute Gasteiger partial charge is 0.377 e. The Labute approximate surface area is 146 Å². The van der Waals surface area contributed by atoms with Crippen molar-refractivity contribution < 1.29 is 26.3 Å². The topological polar surface area (TPSA) is 55.4 Å². The molecular formula is C17H24F3NO3S. The molecule has 1 aromatic carbocycles. The van der Waals surface area contributed by atoms with Gasteiger partial charge in [-0.1, -0.05) is 38.0 Å². The van der Waals surface area contributed by atoms with Gasteiger partial charge in [0.25, 0.3) is 0 Å². The number of alkyl halides is 3. The first-order valence-electron chi connectivity index (χ1n) is 8.42. The normalized spacial score (nSPS) is 22.1. The van der Waals surface area contributed by atoms with E-state index >= 15 is 0 Å². The minimum atomic E-state index is -4.49. The Morgan fingerprint density at radius 2 is 1.96 bits per heavy atom. The SMILES string of the molecule is CC1CCCCC1OCCNS(=O)(=O)Cc1cccc(C(F)(F)F)c1. The molecule has 2 unspecified atom stereocenters. The summed E-state index contributed by atoms with van der Waals surface area (Å²) in [5.74, 6) is -0.0213. The quantitative estimate of drug-likeness (QED) is 0.735. The fourth-order valence-electron chi connectivity index (χ4n) is 3.05. The third kappa shape index (κ3) is 6.60. The fourth-order valence-corrected chi connectivity index (χ4v) is 4.16. The van der Waals surface area contributed by atoms with Gasteiger partial charge in [0, 0.05) is 6.54 Å². The van der Waals surface area contributed by atoms with E-state index in [1.807, 2.05) is 0 Å². The molecule has 142 valence electrons. The van der Waals surface area contributed by atoms with Gasteiger partial charge in [-0.15, -0.1) is 0 Å². The van der Waals surface area contributed by atoms with E-state index in [1.165, 1.54) is 18.6 Å². The summed E-state index contributed by atoms with van der Waals surface area (Å²) in [6, 6.07) is 4.36. The van der Waals surface area contributed by atoms with Gasteiger partial charge in [-0.05, 0) is 30.4 Å². The number of benzene rings is 1. The van der Waals surface area contributed by atoms with Crippen molar-refractivity contribution in [1.29, 1.82) is 0 Å². The van der Waals surface area contributed by atoms with Crippen molar-refractivity contribution in [1.82, 2.24) is 4.72 Å². The molecule has 0 amide bonds. The van der Waals surface area contributed by atoms with Crippen LogP contribution >= 0.6 is 0 Å². The summed E-state index contributed by atoms with van der Waals surface area (Å²) in [4.78, 5) is 0. The van der Waals surface area contributed by atoms with Crippen LogP contribution in [0.4, 0.5) is 13.2 Å². The summed E-state index contributed by atoms with van der Waals surface area (Å²) in [5, 5.41) is 0. The lowest BCUT2D eigenvalue weighted by molar-refractivity contribution is -0.137. The number of rotatable bonds is 7. The van der Waals surface area contributed by atoms with Crippen LogP contribution in [0.15, 0.2) is 24.3 Å². The standard InChI is InChI=1S/C17H24F3NO3S/c1-13-5-2-3-8-16(13)24-10-9-21-25(22,23)12-14-6-4-7-15(11-14)17(18,19)20/h4,6-7,11,13,16,21H,2-3,5,8-10,12H2,1H3. The van der Waals surface area contributed by atoms with E-state index < -0.39 is 27.5 Å². The van der Waals surface area contributed by atoms with Gasteiger partial charge in [0.05, 0.1) is 24.0 Å². The Kier molecular flexibility index (Phi) is 6.87. The lowest BCUT2D eigenvalue weighted by Crippen LogP contribution is -2.32. The fraction of sp³-hybridized carbons (Fsp3) is 0.647. The van der Waals surface area contributed by atoms with Gasteiger partial charge in [0.15, 0.2) is 0 Å². The van der Waals surface area contributed by atoms with Gasteiger partial charge in [-0.2, -0.15) is 13.2 Å². The maximum Gasteiger partial charge on any atom is 0.416 e. The number of ether oxygens (including phenoxy) is 1. The van der Waals surface area contributed by atoms with Crippen molar-refractivity contribution in [2.45, 2.75) is 50.6 Å². The maximum atomic E-state index is 12.7. The van der Waals surface area contributed by atoms with E-state index in [-0.39, 0.29) is 24.8 Å². The Bertz CT molecular complexity index is 661. The molecule has 0 aromatic heterocycles. The average Bonchev–Trinajstić information content (AvgIpc) is 2.52. The van der Waals surface area contributed by atoms with Crippen molar-refractivity contribution in [3.8, 4) is 0 Å². The van der Waals surface area contributed by atoms with E-state index in [1.54, 1.807) is 0 Å². The predicted molar refractivity (Wildman–Crippen MR) is 89.4 cm³/mol. The monoisotopic (exact) mass is 379 g/mol. The van der Waals surface area contributed by atoms with E-state index in [9.17, 15) is 21.6 Å². The van der Waals surface area contributed by atoms with E-state index in [0.717, 1.165) is 31.4 Å². The first kappa shape index (κ1) is 20.2. The van der Waals surface area contributed by atoms with Gasteiger partial charge in [0.1, 0.15) is 0 Å². The van der Waals surface area contributed by atoms with Crippen LogP contribution in [0.5, 0.6) is 0 Å². The molecule has 0 aliphatic heterocycles. The van der Waals surface area contributed by atoms with Crippen LogP contribution in [-0.4, -0.2) is 27.7 Å². The summed E-state index contributed by atoms with van der Waals surface area (Å²) < 4.78 is 70.2. The molecule has 1 aromatic rings. The molecule has 1 fully saturated rings. The molecule has 0 spiro atoms. The molecule has 0 bridgehead atoms. The molecule has 2 rings (SSSR count). The third-order valence-corrected chi connectivity index (χ3v) is 5.76. The molecule has 0 saturated heterocycles. The Balaban J connectivity index is 1.81. The predicted octanol–water partition coefficient (Wildman–Crippen LogP) is 3.72. The van der Waals surface area contributed by atoms with Crippen LogP contribution in [0, 0.1) is 5.92 Å². The van der Waals surface area contributed by atoms with Gasteiger partial charge < -0.3 is 4.74 Å². The van der Waals surface area contributed by atoms with Crippen molar-refractivity contribution in [2.24, 2.45) is 5.92 Å². The highest BCUT2D eigenvalue weighted by Crippen LogP contribution is 2.30. The first-order valence-corrected chi connectivity index (χ1v) is 10.1. The summed E-state index contributed by atoms with van der Waals surface area (Å²) in [7, 11) is -3.71. The zero-order valence-corrected chi connectivity index (χ0v) is 15.0. The van der Waals surface area contributed by atoms with E-state index in [0.29, 0.717) is 5.92 Å². The van der Waals surface area contributed by atoms with Crippen LogP contribution in [0.3, 0.4) is 0 Å². The Morgan fingerprint density at radius 3 is 2.64 bits per heavy atom. The number of halogens is 3. The molecule has 1 aliphatic rings. The maximum absolute atomic E-state index is 12.7. The molecule has 8 heteroatoms. The molecular weight excluding hydrogens is 355 g/mol. The molecule has 1 N–H and O–H groups in total. The largest absolute Gasteiger partial charge is 0.416 e. The summed E-state index contributed by atoms with van der Waals surface area (Å²) in [6.07, 6.45) is 0.0877. The van der Waals surface area contributed by atoms with Crippen molar-refractivity contribution in [3.05, 3.63) is 35.4 Å². The van der Waals surface area contributed by atoms with Crippen LogP contribution in [0.25, 0.3) is 0 Å². The molecule has 1 saturated carbocycles. The number of sulfonamides is 1. The van der Waals surface area contributed by atoms with Gasteiger partial charge >= 0.3 is 6.18 Å². The summed E-state index contributed by atoms with van der Waals surface area (Å²) >= 11 is 0. The van der Waals surface area contributed by atoms with Crippen LogP contribution in [-0.2, 0) is 26.7 Å². The zero-order chi connectivity index (χ0) is 18.5. The van der Waals surface area contributed by atoms with Gasteiger partial charge in [0.2, 0.25) is 10.0 Å². The van der Waals surface area contributed by atoms with Crippen molar-refractivity contribution in [3.63, 3.8) is 0 Å². The van der Waals surface area contributed by atoms with Crippen molar-refractivity contribution in [2.75, 3.05) is 13.2 Å².